The molecule has 1 aliphatic rings. The van der Waals surface area contributed by atoms with Gasteiger partial charge in [-0.1, -0.05) is 25.1 Å². The first-order chi connectivity index (χ1) is 8.74. The number of hydrogen-bond donors (Lipinski definition) is 0. The van der Waals surface area contributed by atoms with Crippen LogP contribution in [-0.4, -0.2) is 23.9 Å². The summed E-state index contributed by atoms with van der Waals surface area (Å²) in [6.45, 7) is 3.88. The van der Waals surface area contributed by atoms with E-state index < -0.39 is 0 Å². The molecule has 3 rings (SSSR count). The molecule has 1 aliphatic heterocycles. The van der Waals surface area contributed by atoms with Crippen LogP contribution in [0.3, 0.4) is 0 Å². The van der Waals surface area contributed by atoms with Gasteiger partial charge in [-0.25, -0.2) is 0 Å². The number of likely N-dealkylation sites (tertiary alicyclic amines) is 1. The van der Waals surface area contributed by atoms with Gasteiger partial charge in [-0.3, -0.25) is 4.79 Å². The van der Waals surface area contributed by atoms with E-state index in [4.69, 9.17) is 4.42 Å². The number of piperidine rings is 1. The molecule has 1 aromatic heterocycles. The van der Waals surface area contributed by atoms with Gasteiger partial charge in [-0.15, -0.1) is 0 Å². The van der Waals surface area contributed by atoms with Crippen LogP contribution in [0.2, 0.25) is 0 Å². The van der Waals surface area contributed by atoms with Gasteiger partial charge in [0, 0.05) is 18.5 Å². The molecule has 0 N–H and O–H groups in total. The molecule has 0 radical (unpaired) electrons. The van der Waals surface area contributed by atoms with Gasteiger partial charge >= 0.3 is 0 Å². The Morgan fingerprint density at radius 1 is 1.39 bits per heavy atom. The van der Waals surface area contributed by atoms with Crippen LogP contribution in [0.1, 0.15) is 30.3 Å². The maximum absolute atomic E-state index is 12.3. The number of carbonyl (C=O) groups is 1. The third-order valence-corrected chi connectivity index (χ3v) is 3.58. The summed E-state index contributed by atoms with van der Waals surface area (Å²) in [5.41, 5.74) is 0.783. The highest BCUT2D eigenvalue weighted by atomic mass is 16.3. The highest BCUT2D eigenvalue weighted by Gasteiger charge is 2.24. The number of carbonyl (C=O) groups excluding carboxylic acids is 1. The van der Waals surface area contributed by atoms with E-state index in [9.17, 15) is 4.79 Å². The first kappa shape index (κ1) is 11.3. The summed E-state index contributed by atoms with van der Waals surface area (Å²) in [5, 5.41) is 0.992. The molecule has 0 saturated carbocycles. The molecule has 1 saturated heterocycles. The summed E-state index contributed by atoms with van der Waals surface area (Å²) in [5.74, 6) is 1.08. The SMILES string of the molecule is CC1CCCN(C(=O)c2cc3ccccc3o2)C1. The first-order valence-corrected chi connectivity index (χ1v) is 6.52. The number of rotatable bonds is 1. The summed E-state index contributed by atoms with van der Waals surface area (Å²) in [4.78, 5) is 14.3. The van der Waals surface area contributed by atoms with Crippen molar-refractivity contribution in [2.45, 2.75) is 19.8 Å². The fraction of sp³-hybridized carbons (Fsp3) is 0.400. The Bertz CT molecular complexity index is 540. The largest absolute Gasteiger partial charge is 0.451 e. The third-order valence-electron chi connectivity index (χ3n) is 3.58. The van der Waals surface area contributed by atoms with Crippen molar-refractivity contribution in [2.24, 2.45) is 5.92 Å². The predicted octanol–water partition coefficient (Wildman–Crippen LogP) is 3.30. The second-order valence-electron chi connectivity index (χ2n) is 5.15. The van der Waals surface area contributed by atoms with Crippen molar-refractivity contribution in [3.05, 3.63) is 36.1 Å². The van der Waals surface area contributed by atoms with Gasteiger partial charge in [0.2, 0.25) is 0 Å². The average molecular weight is 243 g/mol. The lowest BCUT2D eigenvalue weighted by atomic mass is 10.0. The monoisotopic (exact) mass is 243 g/mol. The lowest BCUT2D eigenvalue weighted by Crippen LogP contribution is -2.38. The zero-order chi connectivity index (χ0) is 12.5. The molecule has 0 aliphatic carbocycles. The minimum absolute atomic E-state index is 0.0257. The zero-order valence-electron chi connectivity index (χ0n) is 10.6. The summed E-state index contributed by atoms with van der Waals surface area (Å²) >= 11 is 0. The minimum Gasteiger partial charge on any atom is -0.451 e. The summed E-state index contributed by atoms with van der Waals surface area (Å²) in [6.07, 6.45) is 2.30. The second-order valence-corrected chi connectivity index (χ2v) is 5.15. The van der Waals surface area contributed by atoms with Gasteiger partial charge in [0.25, 0.3) is 5.91 Å². The number of hydrogen-bond acceptors (Lipinski definition) is 2. The van der Waals surface area contributed by atoms with E-state index in [0.29, 0.717) is 11.7 Å². The molecule has 94 valence electrons. The van der Waals surface area contributed by atoms with Crippen molar-refractivity contribution in [1.29, 1.82) is 0 Å². The lowest BCUT2D eigenvalue weighted by Gasteiger charge is -2.30. The molecule has 2 heterocycles. The highest BCUT2D eigenvalue weighted by Crippen LogP contribution is 2.22. The normalized spacial score (nSPS) is 20.3. The van der Waals surface area contributed by atoms with Crippen LogP contribution in [0, 0.1) is 5.92 Å². The molecule has 1 fully saturated rings. The van der Waals surface area contributed by atoms with Gasteiger partial charge in [0.15, 0.2) is 5.76 Å². The van der Waals surface area contributed by atoms with Crippen LogP contribution in [0.25, 0.3) is 11.0 Å². The minimum atomic E-state index is 0.0257. The fourth-order valence-corrected chi connectivity index (χ4v) is 2.62. The van der Waals surface area contributed by atoms with Crippen LogP contribution in [0.4, 0.5) is 0 Å². The Balaban J connectivity index is 1.87. The Kier molecular flexibility index (Phi) is 2.82. The summed E-state index contributed by atoms with van der Waals surface area (Å²) in [6, 6.07) is 9.58. The van der Waals surface area contributed by atoms with Crippen molar-refractivity contribution in [1.82, 2.24) is 4.90 Å². The molecule has 0 spiro atoms. The highest BCUT2D eigenvalue weighted by molar-refractivity contribution is 5.96. The Hall–Kier alpha value is -1.77. The van der Waals surface area contributed by atoms with E-state index in [1.807, 2.05) is 35.2 Å². The van der Waals surface area contributed by atoms with Crippen LogP contribution in [-0.2, 0) is 0 Å². The Morgan fingerprint density at radius 3 is 3.00 bits per heavy atom. The Labute approximate surface area is 106 Å². The molecule has 3 nitrogen and oxygen atoms in total. The third kappa shape index (κ3) is 2.01. The molecule has 3 heteroatoms. The van der Waals surface area contributed by atoms with Gasteiger partial charge in [-0.05, 0) is 30.9 Å². The summed E-state index contributed by atoms with van der Waals surface area (Å²) < 4.78 is 5.63. The van der Waals surface area contributed by atoms with Crippen molar-refractivity contribution in [2.75, 3.05) is 13.1 Å². The molecule has 0 bridgehead atoms. The molecular weight excluding hydrogens is 226 g/mol. The summed E-state index contributed by atoms with van der Waals surface area (Å²) in [7, 11) is 0. The number of furan rings is 1. The van der Waals surface area contributed by atoms with Gasteiger partial charge < -0.3 is 9.32 Å². The van der Waals surface area contributed by atoms with Gasteiger partial charge in [0.1, 0.15) is 5.58 Å². The van der Waals surface area contributed by atoms with E-state index in [0.717, 1.165) is 30.5 Å². The molecular formula is C15H17NO2. The topological polar surface area (TPSA) is 33.5 Å². The average Bonchev–Trinajstić information content (AvgIpc) is 2.81. The van der Waals surface area contributed by atoms with E-state index >= 15 is 0 Å². The predicted molar refractivity (Wildman–Crippen MR) is 70.5 cm³/mol. The maximum Gasteiger partial charge on any atom is 0.289 e. The van der Waals surface area contributed by atoms with Gasteiger partial charge in [0.05, 0.1) is 0 Å². The lowest BCUT2D eigenvalue weighted by molar-refractivity contribution is 0.0653. The number of nitrogens with zero attached hydrogens (tertiary/aromatic N) is 1. The van der Waals surface area contributed by atoms with Crippen LogP contribution in [0.15, 0.2) is 34.7 Å². The van der Waals surface area contributed by atoms with E-state index in [2.05, 4.69) is 6.92 Å². The fourth-order valence-electron chi connectivity index (χ4n) is 2.62. The molecule has 1 aromatic carbocycles. The second kappa shape index (κ2) is 4.48. The molecule has 2 aromatic rings. The van der Waals surface area contributed by atoms with Crippen LogP contribution in [0.5, 0.6) is 0 Å². The smallest absolute Gasteiger partial charge is 0.289 e. The van der Waals surface area contributed by atoms with Crippen LogP contribution >= 0.6 is 0 Å². The molecule has 1 amide bonds. The van der Waals surface area contributed by atoms with Crippen molar-refractivity contribution in [3.8, 4) is 0 Å². The van der Waals surface area contributed by atoms with E-state index in [-0.39, 0.29) is 5.91 Å². The first-order valence-electron chi connectivity index (χ1n) is 6.52. The quantitative estimate of drug-likeness (QED) is 0.770. The van der Waals surface area contributed by atoms with Crippen molar-refractivity contribution < 1.29 is 9.21 Å². The number of fused-ring (bicyclic) bond motifs is 1. The number of benzene rings is 1. The van der Waals surface area contributed by atoms with Crippen molar-refractivity contribution in [3.63, 3.8) is 0 Å². The maximum atomic E-state index is 12.3. The van der Waals surface area contributed by atoms with Crippen molar-refractivity contribution >= 4 is 16.9 Å². The standard InChI is InChI=1S/C15H17NO2/c1-11-5-4-8-16(10-11)15(17)14-9-12-6-2-3-7-13(12)18-14/h2-3,6-7,9,11H,4-5,8,10H2,1H3. The van der Waals surface area contributed by atoms with E-state index in [1.54, 1.807) is 0 Å². The van der Waals surface area contributed by atoms with E-state index in [1.165, 1.54) is 6.42 Å². The molecule has 18 heavy (non-hydrogen) atoms. The number of amides is 1. The van der Waals surface area contributed by atoms with Crippen LogP contribution < -0.4 is 0 Å². The Morgan fingerprint density at radius 2 is 2.22 bits per heavy atom. The molecule has 1 unspecified atom stereocenters. The molecule has 1 atom stereocenters. The zero-order valence-corrected chi connectivity index (χ0v) is 10.6. The number of para-hydroxylation sites is 1. The van der Waals surface area contributed by atoms with Gasteiger partial charge in [-0.2, -0.15) is 0 Å².